The number of ketones is 1. The van der Waals surface area contributed by atoms with Gasteiger partial charge in [0.05, 0.1) is 25.3 Å². The molecule has 28 heavy (non-hydrogen) atoms. The molecule has 2 fully saturated rings. The number of ether oxygens (including phenoxy) is 2. The van der Waals surface area contributed by atoms with Crippen LogP contribution in [0.5, 0.6) is 0 Å². The average molecular weight is 381 g/mol. The molecular formula is C23H27NO4. The van der Waals surface area contributed by atoms with Gasteiger partial charge in [-0.15, -0.1) is 0 Å². The summed E-state index contributed by atoms with van der Waals surface area (Å²) < 4.78 is 11.3. The molecule has 5 heteroatoms. The molecule has 0 aromatic heterocycles. The summed E-state index contributed by atoms with van der Waals surface area (Å²) >= 11 is 0. The summed E-state index contributed by atoms with van der Waals surface area (Å²) in [5, 5.41) is 2.20. The first kappa shape index (κ1) is 18.9. The first-order valence-corrected chi connectivity index (χ1v) is 9.94. The average Bonchev–Trinajstić information content (AvgIpc) is 2.64. The van der Waals surface area contributed by atoms with Crippen LogP contribution in [0, 0.1) is 5.92 Å². The molecular weight excluding hydrogens is 354 g/mol. The maximum absolute atomic E-state index is 13.2. The second-order valence-corrected chi connectivity index (χ2v) is 8.83. The number of amides is 1. The van der Waals surface area contributed by atoms with Crippen molar-refractivity contribution in [1.82, 2.24) is 4.90 Å². The van der Waals surface area contributed by atoms with Gasteiger partial charge >= 0.3 is 6.09 Å². The van der Waals surface area contributed by atoms with E-state index >= 15 is 0 Å². The fraction of sp³-hybridized carbons (Fsp3) is 0.478. The highest BCUT2D eigenvalue weighted by atomic mass is 16.6. The maximum atomic E-state index is 13.2. The number of hydrogen-bond donors (Lipinski definition) is 0. The predicted octanol–water partition coefficient (Wildman–Crippen LogP) is 4.44. The molecule has 0 saturated carbocycles. The number of hydrogen-bond acceptors (Lipinski definition) is 4. The second-order valence-electron chi connectivity index (χ2n) is 8.83. The number of fused-ring (bicyclic) bond motifs is 3. The van der Waals surface area contributed by atoms with Crippen molar-refractivity contribution in [2.75, 3.05) is 13.2 Å². The number of benzene rings is 2. The first-order valence-electron chi connectivity index (χ1n) is 9.94. The Hall–Kier alpha value is -2.40. The Morgan fingerprint density at radius 2 is 1.64 bits per heavy atom. The summed E-state index contributed by atoms with van der Waals surface area (Å²) in [4.78, 5) is 27.7. The van der Waals surface area contributed by atoms with E-state index in [2.05, 4.69) is 0 Å². The third-order valence-corrected chi connectivity index (χ3v) is 5.53. The van der Waals surface area contributed by atoms with Gasteiger partial charge in [-0.1, -0.05) is 36.4 Å². The second kappa shape index (κ2) is 7.21. The van der Waals surface area contributed by atoms with Crippen molar-refractivity contribution < 1.29 is 19.1 Å². The maximum Gasteiger partial charge on any atom is 0.410 e. The molecule has 2 heterocycles. The zero-order chi connectivity index (χ0) is 19.9. The number of carbonyl (C=O) groups excluding carboxylic acids is 2. The number of carbonyl (C=O) groups is 2. The van der Waals surface area contributed by atoms with Crippen LogP contribution >= 0.6 is 0 Å². The Bertz CT molecular complexity index is 887. The smallest absolute Gasteiger partial charge is 0.410 e. The topological polar surface area (TPSA) is 55.8 Å². The molecule has 148 valence electrons. The van der Waals surface area contributed by atoms with E-state index in [0.29, 0.717) is 26.1 Å². The minimum atomic E-state index is -0.538. The van der Waals surface area contributed by atoms with Gasteiger partial charge in [-0.25, -0.2) is 4.79 Å². The van der Waals surface area contributed by atoms with Crippen molar-refractivity contribution in [3.8, 4) is 0 Å². The summed E-state index contributed by atoms with van der Waals surface area (Å²) in [6.45, 7) is 6.52. The van der Waals surface area contributed by atoms with Gasteiger partial charge in [0.2, 0.25) is 0 Å². The van der Waals surface area contributed by atoms with E-state index in [4.69, 9.17) is 9.47 Å². The zero-order valence-corrected chi connectivity index (χ0v) is 16.7. The van der Waals surface area contributed by atoms with Crippen molar-refractivity contribution in [3.05, 3.63) is 48.0 Å². The van der Waals surface area contributed by atoms with Crippen LogP contribution in [0.2, 0.25) is 0 Å². The molecule has 5 nitrogen and oxygen atoms in total. The van der Waals surface area contributed by atoms with Gasteiger partial charge in [-0.05, 0) is 50.5 Å². The number of nitrogens with zero attached hydrogens (tertiary/aromatic N) is 1. The molecule has 2 aromatic carbocycles. The molecule has 1 amide bonds. The molecule has 0 radical (unpaired) electrons. The lowest BCUT2D eigenvalue weighted by molar-refractivity contribution is -0.0861. The standard InChI is InChI=1S/C23H27NO4/c1-23(2,3)28-22(26)24-19-11-18(12-20(24)14-27-13-19)21(25)17-9-8-15-6-4-5-7-16(15)10-17/h4-10,18-20H,11-14H2,1-3H3. The highest BCUT2D eigenvalue weighted by Crippen LogP contribution is 2.35. The Morgan fingerprint density at radius 1 is 1.00 bits per heavy atom. The monoisotopic (exact) mass is 381 g/mol. The summed E-state index contributed by atoms with van der Waals surface area (Å²) in [7, 11) is 0. The van der Waals surface area contributed by atoms with E-state index in [0.717, 1.165) is 16.3 Å². The highest BCUT2D eigenvalue weighted by Gasteiger charge is 2.45. The van der Waals surface area contributed by atoms with Crippen LogP contribution in [-0.2, 0) is 9.47 Å². The van der Waals surface area contributed by atoms with Crippen LogP contribution in [0.3, 0.4) is 0 Å². The van der Waals surface area contributed by atoms with Crippen LogP contribution < -0.4 is 0 Å². The van der Waals surface area contributed by atoms with Crippen molar-refractivity contribution in [2.24, 2.45) is 5.92 Å². The van der Waals surface area contributed by atoms with Crippen LogP contribution in [0.4, 0.5) is 4.79 Å². The zero-order valence-electron chi connectivity index (χ0n) is 16.7. The summed E-state index contributed by atoms with van der Waals surface area (Å²) in [5.41, 5.74) is 0.206. The quantitative estimate of drug-likeness (QED) is 0.722. The molecule has 0 N–H and O–H groups in total. The molecule has 2 unspecified atom stereocenters. The lowest BCUT2D eigenvalue weighted by Gasteiger charge is -2.47. The Balaban J connectivity index is 1.53. The normalized spacial score (nSPS) is 24.8. The minimum absolute atomic E-state index is 0.0984. The predicted molar refractivity (Wildman–Crippen MR) is 107 cm³/mol. The number of Topliss-reactive ketones (excluding diaryl/α,β-unsaturated/α-hetero) is 1. The van der Waals surface area contributed by atoms with E-state index < -0.39 is 5.60 Å². The highest BCUT2D eigenvalue weighted by molar-refractivity contribution is 6.01. The van der Waals surface area contributed by atoms with Crippen molar-refractivity contribution in [3.63, 3.8) is 0 Å². The van der Waals surface area contributed by atoms with Gasteiger partial charge < -0.3 is 9.47 Å². The lowest BCUT2D eigenvalue weighted by Crippen LogP contribution is -2.60. The van der Waals surface area contributed by atoms with Gasteiger partial charge in [-0.2, -0.15) is 0 Å². The van der Waals surface area contributed by atoms with Gasteiger partial charge in [-0.3, -0.25) is 9.69 Å². The Kier molecular flexibility index (Phi) is 4.88. The fourth-order valence-corrected chi connectivity index (χ4v) is 4.32. The fourth-order valence-electron chi connectivity index (χ4n) is 4.32. The minimum Gasteiger partial charge on any atom is -0.444 e. The van der Waals surface area contributed by atoms with E-state index in [9.17, 15) is 9.59 Å². The van der Waals surface area contributed by atoms with E-state index in [1.165, 1.54) is 0 Å². The van der Waals surface area contributed by atoms with E-state index in [1.54, 1.807) is 4.90 Å². The van der Waals surface area contributed by atoms with Crippen molar-refractivity contribution >= 4 is 22.6 Å². The molecule has 0 aliphatic carbocycles. The Morgan fingerprint density at radius 3 is 2.29 bits per heavy atom. The van der Waals surface area contributed by atoms with Gasteiger partial charge in [0.1, 0.15) is 5.60 Å². The number of rotatable bonds is 2. The molecule has 2 bridgehead atoms. The molecule has 2 aliphatic heterocycles. The summed E-state index contributed by atoms with van der Waals surface area (Å²) in [6, 6.07) is 13.7. The van der Waals surface area contributed by atoms with Crippen molar-refractivity contribution in [1.29, 1.82) is 0 Å². The molecule has 4 rings (SSSR count). The number of morpholine rings is 1. The SMILES string of the molecule is CC(C)(C)OC(=O)N1C2COCC1CC(C(=O)c1ccc3ccccc3c1)C2. The van der Waals surface area contributed by atoms with Gasteiger partial charge in [0.15, 0.2) is 5.78 Å². The van der Waals surface area contributed by atoms with E-state index in [1.807, 2.05) is 63.2 Å². The van der Waals surface area contributed by atoms with Crippen LogP contribution in [-0.4, -0.2) is 47.7 Å². The first-order chi connectivity index (χ1) is 13.3. The summed E-state index contributed by atoms with van der Waals surface area (Å²) in [5.74, 6) is 0.0604. The van der Waals surface area contributed by atoms with E-state index in [-0.39, 0.29) is 29.9 Å². The van der Waals surface area contributed by atoms with Gasteiger partial charge in [0, 0.05) is 11.5 Å². The third-order valence-electron chi connectivity index (χ3n) is 5.53. The summed E-state index contributed by atoms with van der Waals surface area (Å²) in [6.07, 6.45) is 0.922. The lowest BCUT2D eigenvalue weighted by atomic mass is 9.80. The molecule has 0 spiro atoms. The molecule has 2 atom stereocenters. The molecule has 2 aliphatic rings. The number of piperidine rings is 1. The van der Waals surface area contributed by atoms with Crippen LogP contribution in [0.1, 0.15) is 44.0 Å². The molecule has 2 aromatic rings. The van der Waals surface area contributed by atoms with Crippen molar-refractivity contribution in [2.45, 2.75) is 51.3 Å². The largest absolute Gasteiger partial charge is 0.444 e. The van der Waals surface area contributed by atoms with Crippen LogP contribution in [0.15, 0.2) is 42.5 Å². The van der Waals surface area contributed by atoms with Gasteiger partial charge in [0.25, 0.3) is 0 Å². The molecule has 2 saturated heterocycles. The Labute approximate surface area is 165 Å². The van der Waals surface area contributed by atoms with Crippen LogP contribution in [0.25, 0.3) is 10.8 Å². The third kappa shape index (κ3) is 3.76.